The smallest absolute Gasteiger partial charge is 0.316 e. The normalized spacial score (nSPS) is 13.1. The molecule has 2 N–H and O–H groups in total. The zero-order valence-corrected chi connectivity index (χ0v) is 12.1. The summed E-state index contributed by atoms with van der Waals surface area (Å²) in [6.07, 6.45) is -0.603. The Hall–Kier alpha value is -1.39. The highest BCUT2D eigenvalue weighted by molar-refractivity contribution is 5.77. The fraction of sp³-hybridized carbons (Fsp3) is 0.533. The van der Waals surface area contributed by atoms with Crippen LogP contribution in [0.1, 0.15) is 39.4 Å². The number of likely N-dealkylation sites (N-methyl/N-ethyl adjacent to an activating group) is 1. The van der Waals surface area contributed by atoms with E-state index in [2.05, 4.69) is 5.32 Å². The summed E-state index contributed by atoms with van der Waals surface area (Å²) >= 11 is 0. The first-order valence-electron chi connectivity index (χ1n) is 6.55. The predicted molar refractivity (Wildman–Crippen MR) is 75.0 cm³/mol. The summed E-state index contributed by atoms with van der Waals surface area (Å²) in [5, 5.41) is 13.0. The molecule has 1 rings (SSSR count). The highest BCUT2D eigenvalue weighted by atomic mass is 16.5. The second kappa shape index (κ2) is 6.68. The van der Waals surface area contributed by atoms with Crippen LogP contribution in [0.5, 0.6) is 5.75 Å². The SMILES string of the molecule is CCNCC(O)c1cccc(OC(=O)C(C)(C)C)c1. The number of rotatable bonds is 5. The van der Waals surface area contributed by atoms with Crippen LogP contribution >= 0.6 is 0 Å². The van der Waals surface area contributed by atoms with Crippen molar-refractivity contribution in [2.75, 3.05) is 13.1 Å². The molecule has 4 nitrogen and oxygen atoms in total. The zero-order chi connectivity index (χ0) is 14.5. The Balaban J connectivity index is 2.74. The van der Waals surface area contributed by atoms with Crippen molar-refractivity contribution in [2.45, 2.75) is 33.8 Å². The second-order valence-corrected chi connectivity index (χ2v) is 5.54. The number of carbonyl (C=O) groups is 1. The molecule has 0 fully saturated rings. The Labute approximate surface area is 114 Å². The van der Waals surface area contributed by atoms with Gasteiger partial charge in [0.25, 0.3) is 0 Å². The molecule has 0 spiro atoms. The van der Waals surface area contributed by atoms with Crippen LogP contribution in [-0.2, 0) is 4.79 Å². The summed E-state index contributed by atoms with van der Waals surface area (Å²) in [6, 6.07) is 7.00. The Morgan fingerprint density at radius 1 is 1.42 bits per heavy atom. The summed E-state index contributed by atoms with van der Waals surface area (Å²) in [7, 11) is 0. The van der Waals surface area contributed by atoms with E-state index < -0.39 is 11.5 Å². The third kappa shape index (κ3) is 5.01. The van der Waals surface area contributed by atoms with Crippen molar-refractivity contribution in [1.29, 1.82) is 0 Å². The number of aliphatic hydroxyl groups is 1. The van der Waals surface area contributed by atoms with Crippen LogP contribution in [-0.4, -0.2) is 24.2 Å². The standard InChI is InChI=1S/C15H23NO3/c1-5-16-10-13(17)11-7-6-8-12(9-11)19-14(18)15(2,3)4/h6-9,13,16-17H,5,10H2,1-4H3. The van der Waals surface area contributed by atoms with Crippen molar-refractivity contribution in [2.24, 2.45) is 5.41 Å². The molecule has 4 heteroatoms. The van der Waals surface area contributed by atoms with Crippen LogP contribution in [0, 0.1) is 5.41 Å². The first-order valence-corrected chi connectivity index (χ1v) is 6.55. The van der Waals surface area contributed by atoms with Gasteiger partial charge >= 0.3 is 5.97 Å². The van der Waals surface area contributed by atoms with E-state index in [0.717, 1.165) is 12.1 Å². The highest BCUT2D eigenvalue weighted by Gasteiger charge is 2.23. The molecule has 0 saturated heterocycles. The number of hydrogen-bond acceptors (Lipinski definition) is 4. The molecular formula is C15H23NO3. The second-order valence-electron chi connectivity index (χ2n) is 5.54. The molecule has 0 aliphatic rings. The summed E-state index contributed by atoms with van der Waals surface area (Å²) in [5.74, 6) is 0.179. The fourth-order valence-electron chi connectivity index (χ4n) is 1.44. The van der Waals surface area contributed by atoms with E-state index in [0.29, 0.717) is 12.3 Å². The maximum atomic E-state index is 11.8. The van der Waals surface area contributed by atoms with E-state index in [1.54, 1.807) is 39.0 Å². The number of ether oxygens (including phenoxy) is 1. The lowest BCUT2D eigenvalue weighted by molar-refractivity contribution is -0.143. The number of carbonyl (C=O) groups excluding carboxylic acids is 1. The number of aliphatic hydroxyl groups excluding tert-OH is 1. The molecule has 19 heavy (non-hydrogen) atoms. The minimum Gasteiger partial charge on any atom is -0.426 e. The van der Waals surface area contributed by atoms with E-state index in [-0.39, 0.29) is 5.97 Å². The van der Waals surface area contributed by atoms with Crippen molar-refractivity contribution in [3.63, 3.8) is 0 Å². The summed E-state index contributed by atoms with van der Waals surface area (Å²) in [6.45, 7) is 8.68. The molecule has 0 aliphatic heterocycles. The first-order chi connectivity index (χ1) is 8.84. The minimum absolute atomic E-state index is 0.286. The van der Waals surface area contributed by atoms with Gasteiger partial charge in [-0.1, -0.05) is 19.1 Å². The Morgan fingerprint density at radius 3 is 2.68 bits per heavy atom. The summed E-state index contributed by atoms with van der Waals surface area (Å²) < 4.78 is 5.30. The monoisotopic (exact) mass is 265 g/mol. The van der Waals surface area contributed by atoms with E-state index in [4.69, 9.17) is 4.74 Å². The van der Waals surface area contributed by atoms with Crippen LogP contribution in [0.15, 0.2) is 24.3 Å². The molecule has 0 amide bonds. The average Bonchev–Trinajstić information content (AvgIpc) is 2.35. The minimum atomic E-state index is -0.603. The van der Waals surface area contributed by atoms with E-state index in [1.807, 2.05) is 13.0 Å². The molecule has 0 aromatic heterocycles. The third-order valence-corrected chi connectivity index (χ3v) is 2.65. The van der Waals surface area contributed by atoms with Gasteiger partial charge in [-0.15, -0.1) is 0 Å². The van der Waals surface area contributed by atoms with Crippen molar-refractivity contribution in [3.05, 3.63) is 29.8 Å². The average molecular weight is 265 g/mol. The lowest BCUT2D eigenvalue weighted by atomic mass is 9.97. The molecule has 0 saturated carbocycles. The van der Waals surface area contributed by atoms with Gasteiger partial charge in [-0.05, 0) is 45.0 Å². The largest absolute Gasteiger partial charge is 0.426 e. The van der Waals surface area contributed by atoms with Crippen molar-refractivity contribution < 1.29 is 14.6 Å². The number of benzene rings is 1. The third-order valence-electron chi connectivity index (χ3n) is 2.65. The Bertz CT molecular complexity index is 424. The van der Waals surface area contributed by atoms with Gasteiger partial charge in [0.15, 0.2) is 0 Å². The predicted octanol–water partition coefficient (Wildman–Crippen LogP) is 2.28. The zero-order valence-electron chi connectivity index (χ0n) is 12.1. The molecule has 0 bridgehead atoms. The van der Waals surface area contributed by atoms with E-state index in [9.17, 15) is 9.90 Å². The molecule has 0 heterocycles. The molecule has 1 aromatic rings. The summed E-state index contributed by atoms with van der Waals surface area (Å²) in [5.41, 5.74) is 0.193. The number of esters is 1. The van der Waals surface area contributed by atoms with Gasteiger partial charge in [0.2, 0.25) is 0 Å². The Morgan fingerprint density at radius 2 is 2.11 bits per heavy atom. The van der Waals surface area contributed by atoms with Gasteiger partial charge in [0.05, 0.1) is 11.5 Å². The first kappa shape index (κ1) is 15.7. The molecule has 0 aliphatic carbocycles. The molecular weight excluding hydrogens is 242 g/mol. The van der Waals surface area contributed by atoms with Crippen LogP contribution in [0.3, 0.4) is 0 Å². The van der Waals surface area contributed by atoms with Gasteiger partial charge in [0, 0.05) is 6.54 Å². The van der Waals surface area contributed by atoms with Crippen molar-refractivity contribution in [3.8, 4) is 5.75 Å². The van der Waals surface area contributed by atoms with Crippen molar-refractivity contribution in [1.82, 2.24) is 5.32 Å². The highest BCUT2D eigenvalue weighted by Crippen LogP contribution is 2.22. The van der Waals surface area contributed by atoms with Crippen LogP contribution in [0.4, 0.5) is 0 Å². The fourth-order valence-corrected chi connectivity index (χ4v) is 1.44. The number of hydrogen-bond donors (Lipinski definition) is 2. The van der Waals surface area contributed by atoms with Gasteiger partial charge in [0.1, 0.15) is 5.75 Å². The van der Waals surface area contributed by atoms with E-state index in [1.165, 1.54) is 0 Å². The maximum Gasteiger partial charge on any atom is 0.316 e. The molecule has 106 valence electrons. The van der Waals surface area contributed by atoms with Gasteiger partial charge in [-0.2, -0.15) is 0 Å². The molecule has 0 radical (unpaired) electrons. The van der Waals surface area contributed by atoms with Crippen LogP contribution in [0.25, 0.3) is 0 Å². The lowest BCUT2D eigenvalue weighted by Gasteiger charge is -2.17. The molecule has 1 aromatic carbocycles. The molecule has 1 atom stereocenters. The van der Waals surface area contributed by atoms with Crippen molar-refractivity contribution >= 4 is 5.97 Å². The summed E-state index contributed by atoms with van der Waals surface area (Å²) in [4.78, 5) is 11.8. The van der Waals surface area contributed by atoms with E-state index >= 15 is 0 Å². The maximum absolute atomic E-state index is 11.8. The topological polar surface area (TPSA) is 58.6 Å². The van der Waals surface area contributed by atoms with Gasteiger partial charge in [-0.3, -0.25) is 4.79 Å². The lowest BCUT2D eigenvalue weighted by Crippen LogP contribution is -2.25. The Kier molecular flexibility index (Phi) is 5.51. The quantitative estimate of drug-likeness (QED) is 0.633. The van der Waals surface area contributed by atoms with Crippen LogP contribution < -0.4 is 10.1 Å². The van der Waals surface area contributed by atoms with Gasteiger partial charge in [-0.25, -0.2) is 0 Å². The van der Waals surface area contributed by atoms with Crippen LogP contribution in [0.2, 0.25) is 0 Å². The molecule has 1 unspecified atom stereocenters. The van der Waals surface area contributed by atoms with Gasteiger partial charge < -0.3 is 15.2 Å². The number of nitrogens with one attached hydrogen (secondary N) is 1.